The fourth-order valence-corrected chi connectivity index (χ4v) is 2.44. The number of ether oxygens (including phenoxy) is 1. The summed E-state index contributed by atoms with van der Waals surface area (Å²) in [5.74, 6) is 0.931. The summed E-state index contributed by atoms with van der Waals surface area (Å²) >= 11 is 0. The predicted octanol–water partition coefficient (Wildman–Crippen LogP) is 2.25. The first kappa shape index (κ1) is 15.6. The standard InChI is InChI=1S/C17H23NO3/c1-13(2)18(9-3-10-19)17(20)7-5-14-4-6-16-15(12-14)8-11-21-16/h4-7,12-13,19H,3,8-11H2,1-2H3/b7-5+. The maximum Gasteiger partial charge on any atom is 0.246 e. The molecule has 4 nitrogen and oxygen atoms in total. The number of benzene rings is 1. The minimum atomic E-state index is -0.0183. The Morgan fingerprint density at radius 2 is 2.29 bits per heavy atom. The van der Waals surface area contributed by atoms with E-state index >= 15 is 0 Å². The van der Waals surface area contributed by atoms with E-state index in [1.54, 1.807) is 11.0 Å². The number of hydrogen-bond donors (Lipinski definition) is 1. The molecule has 0 radical (unpaired) electrons. The molecule has 21 heavy (non-hydrogen) atoms. The second-order valence-corrected chi connectivity index (χ2v) is 5.50. The summed E-state index contributed by atoms with van der Waals surface area (Å²) in [5.41, 5.74) is 2.21. The van der Waals surface area contributed by atoms with E-state index in [0.717, 1.165) is 24.3 Å². The first-order chi connectivity index (χ1) is 10.1. The van der Waals surface area contributed by atoms with Crippen LogP contribution in [0.2, 0.25) is 0 Å². The third kappa shape index (κ3) is 4.08. The van der Waals surface area contributed by atoms with Gasteiger partial charge in [0.25, 0.3) is 0 Å². The summed E-state index contributed by atoms with van der Waals surface area (Å²) < 4.78 is 5.47. The summed E-state index contributed by atoms with van der Waals surface area (Å²) in [5, 5.41) is 8.91. The molecule has 0 fully saturated rings. The van der Waals surface area contributed by atoms with E-state index in [1.807, 2.05) is 32.1 Å². The Hall–Kier alpha value is -1.81. The van der Waals surface area contributed by atoms with Gasteiger partial charge < -0.3 is 14.7 Å². The summed E-state index contributed by atoms with van der Waals surface area (Å²) in [6.07, 6.45) is 4.98. The number of aliphatic hydroxyl groups is 1. The Bertz CT molecular complexity index is 523. The van der Waals surface area contributed by atoms with Crippen molar-refractivity contribution in [1.82, 2.24) is 4.90 Å². The highest BCUT2D eigenvalue weighted by Crippen LogP contribution is 2.26. The lowest BCUT2D eigenvalue weighted by atomic mass is 10.1. The van der Waals surface area contributed by atoms with Crippen molar-refractivity contribution < 1.29 is 14.6 Å². The van der Waals surface area contributed by atoms with Gasteiger partial charge in [-0.3, -0.25) is 4.79 Å². The summed E-state index contributed by atoms with van der Waals surface area (Å²) in [6, 6.07) is 6.11. The van der Waals surface area contributed by atoms with Crippen molar-refractivity contribution in [1.29, 1.82) is 0 Å². The molecule has 1 amide bonds. The van der Waals surface area contributed by atoms with Crippen LogP contribution in [0.25, 0.3) is 6.08 Å². The predicted molar refractivity (Wildman–Crippen MR) is 83.2 cm³/mol. The van der Waals surface area contributed by atoms with Gasteiger partial charge >= 0.3 is 0 Å². The van der Waals surface area contributed by atoms with Crippen molar-refractivity contribution in [3.05, 3.63) is 35.4 Å². The Balaban J connectivity index is 2.03. The molecule has 0 atom stereocenters. The molecule has 1 aliphatic rings. The highest BCUT2D eigenvalue weighted by Gasteiger charge is 2.14. The number of aliphatic hydroxyl groups excluding tert-OH is 1. The van der Waals surface area contributed by atoms with Crippen LogP contribution in [0.4, 0.5) is 0 Å². The zero-order valence-corrected chi connectivity index (χ0v) is 12.7. The van der Waals surface area contributed by atoms with Crippen LogP contribution >= 0.6 is 0 Å². The van der Waals surface area contributed by atoms with Gasteiger partial charge in [-0.25, -0.2) is 0 Å². The maximum atomic E-state index is 12.2. The van der Waals surface area contributed by atoms with Gasteiger partial charge in [0, 0.05) is 31.7 Å². The van der Waals surface area contributed by atoms with Gasteiger partial charge in [-0.15, -0.1) is 0 Å². The molecule has 1 aromatic rings. The van der Waals surface area contributed by atoms with Crippen molar-refractivity contribution in [3.63, 3.8) is 0 Å². The van der Waals surface area contributed by atoms with Crippen LogP contribution in [0.3, 0.4) is 0 Å². The summed E-state index contributed by atoms with van der Waals surface area (Å²) in [4.78, 5) is 14.0. The lowest BCUT2D eigenvalue weighted by Gasteiger charge is -2.25. The molecule has 1 aliphatic heterocycles. The minimum Gasteiger partial charge on any atom is -0.493 e. The number of carbonyl (C=O) groups is 1. The van der Waals surface area contributed by atoms with Crippen molar-refractivity contribution in [2.24, 2.45) is 0 Å². The molecular weight excluding hydrogens is 266 g/mol. The summed E-state index contributed by atoms with van der Waals surface area (Å²) in [6.45, 7) is 5.38. The molecular formula is C17H23NO3. The number of fused-ring (bicyclic) bond motifs is 1. The zero-order chi connectivity index (χ0) is 15.2. The third-order valence-electron chi connectivity index (χ3n) is 3.60. The number of carbonyl (C=O) groups excluding carboxylic acids is 1. The monoisotopic (exact) mass is 289 g/mol. The first-order valence-electron chi connectivity index (χ1n) is 7.47. The third-order valence-corrected chi connectivity index (χ3v) is 3.60. The zero-order valence-electron chi connectivity index (χ0n) is 12.7. The maximum absolute atomic E-state index is 12.2. The van der Waals surface area contributed by atoms with Crippen molar-refractivity contribution in [3.8, 4) is 5.75 Å². The largest absolute Gasteiger partial charge is 0.493 e. The van der Waals surface area contributed by atoms with E-state index < -0.39 is 0 Å². The van der Waals surface area contributed by atoms with Crippen LogP contribution in [0.5, 0.6) is 5.75 Å². The number of hydrogen-bond acceptors (Lipinski definition) is 3. The lowest BCUT2D eigenvalue weighted by molar-refractivity contribution is -0.127. The molecule has 0 saturated carbocycles. The number of amides is 1. The highest BCUT2D eigenvalue weighted by molar-refractivity contribution is 5.92. The second-order valence-electron chi connectivity index (χ2n) is 5.50. The van der Waals surface area contributed by atoms with Crippen LogP contribution in [0.1, 0.15) is 31.4 Å². The molecule has 0 unspecified atom stereocenters. The van der Waals surface area contributed by atoms with Gasteiger partial charge in [0.1, 0.15) is 5.75 Å². The quantitative estimate of drug-likeness (QED) is 0.817. The van der Waals surface area contributed by atoms with E-state index in [9.17, 15) is 4.79 Å². The Kier molecular flexibility index (Phi) is 5.39. The molecule has 0 saturated heterocycles. The Labute approximate surface area is 126 Å². The van der Waals surface area contributed by atoms with Crippen LogP contribution in [-0.4, -0.2) is 41.7 Å². The van der Waals surface area contributed by atoms with Gasteiger partial charge in [0.05, 0.1) is 6.61 Å². The second kappa shape index (κ2) is 7.27. The molecule has 2 rings (SSSR count). The van der Waals surface area contributed by atoms with E-state index in [2.05, 4.69) is 6.07 Å². The number of nitrogens with zero attached hydrogens (tertiary/aromatic N) is 1. The average molecular weight is 289 g/mol. The van der Waals surface area contributed by atoms with Gasteiger partial charge in [-0.2, -0.15) is 0 Å². The van der Waals surface area contributed by atoms with E-state index in [0.29, 0.717) is 13.0 Å². The fraction of sp³-hybridized carbons (Fsp3) is 0.471. The van der Waals surface area contributed by atoms with Crippen LogP contribution in [0, 0.1) is 0 Å². The summed E-state index contributed by atoms with van der Waals surface area (Å²) in [7, 11) is 0. The van der Waals surface area contributed by atoms with Crippen LogP contribution in [0.15, 0.2) is 24.3 Å². The first-order valence-corrected chi connectivity index (χ1v) is 7.47. The molecule has 1 aromatic carbocycles. The van der Waals surface area contributed by atoms with Gasteiger partial charge in [0.15, 0.2) is 0 Å². The number of rotatable bonds is 6. The minimum absolute atomic E-state index is 0.0183. The molecule has 1 heterocycles. The highest BCUT2D eigenvalue weighted by atomic mass is 16.5. The normalized spacial score (nSPS) is 13.5. The SMILES string of the molecule is CC(C)N(CCCO)C(=O)/C=C/c1ccc2c(c1)CCO2. The Morgan fingerprint density at radius 3 is 3.00 bits per heavy atom. The fourth-order valence-electron chi connectivity index (χ4n) is 2.44. The van der Waals surface area contributed by atoms with Gasteiger partial charge in [-0.05, 0) is 49.6 Å². The molecule has 0 aromatic heterocycles. The van der Waals surface area contributed by atoms with Crippen molar-refractivity contribution >= 4 is 12.0 Å². The van der Waals surface area contributed by atoms with E-state index in [1.165, 1.54) is 5.56 Å². The smallest absolute Gasteiger partial charge is 0.246 e. The van der Waals surface area contributed by atoms with Crippen molar-refractivity contribution in [2.45, 2.75) is 32.7 Å². The average Bonchev–Trinajstić information content (AvgIpc) is 2.92. The molecule has 114 valence electrons. The molecule has 0 aliphatic carbocycles. The Morgan fingerprint density at radius 1 is 1.48 bits per heavy atom. The van der Waals surface area contributed by atoms with Crippen LogP contribution < -0.4 is 4.74 Å². The molecule has 0 bridgehead atoms. The molecule has 4 heteroatoms. The van der Waals surface area contributed by atoms with Crippen LogP contribution in [-0.2, 0) is 11.2 Å². The van der Waals surface area contributed by atoms with Gasteiger partial charge in [-0.1, -0.05) is 6.07 Å². The lowest BCUT2D eigenvalue weighted by Crippen LogP contribution is -2.36. The van der Waals surface area contributed by atoms with Gasteiger partial charge in [0.2, 0.25) is 5.91 Å². The van der Waals surface area contributed by atoms with E-state index in [-0.39, 0.29) is 18.6 Å². The van der Waals surface area contributed by atoms with Crippen molar-refractivity contribution in [2.75, 3.05) is 19.8 Å². The van der Waals surface area contributed by atoms with E-state index in [4.69, 9.17) is 9.84 Å². The molecule has 0 spiro atoms. The topological polar surface area (TPSA) is 49.8 Å². The molecule has 1 N–H and O–H groups in total.